The van der Waals surface area contributed by atoms with E-state index in [9.17, 15) is 9.59 Å². The Kier molecular flexibility index (Phi) is 3.06. The zero-order valence-corrected chi connectivity index (χ0v) is 8.06. The summed E-state index contributed by atoms with van der Waals surface area (Å²) in [5.74, 6) is -2.35. The first kappa shape index (κ1) is 10.5. The zero-order chi connectivity index (χ0) is 10.7. The minimum absolute atomic E-state index is 0.0654. The molecular weight excluding hydrogens is 184 g/mol. The number of aliphatic carboxylic acids is 1. The van der Waals surface area contributed by atoms with Gasteiger partial charge in [-0.1, -0.05) is 18.2 Å². The van der Waals surface area contributed by atoms with Crippen molar-refractivity contribution in [3.63, 3.8) is 0 Å². The summed E-state index contributed by atoms with van der Waals surface area (Å²) in [5, 5.41) is 8.75. The van der Waals surface area contributed by atoms with Gasteiger partial charge in [0.1, 0.15) is 5.92 Å². The van der Waals surface area contributed by atoms with E-state index in [1.807, 2.05) is 0 Å². The lowest BCUT2D eigenvalue weighted by Crippen LogP contribution is -2.23. The third-order valence-electron chi connectivity index (χ3n) is 1.77. The molecule has 0 aromatic rings. The molecule has 0 aromatic heterocycles. The van der Waals surface area contributed by atoms with Gasteiger partial charge in [-0.05, 0) is 13.8 Å². The maximum Gasteiger partial charge on any atom is 0.332 e. The van der Waals surface area contributed by atoms with Gasteiger partial charge in [-0.2, -0.15) is 0 Å². The largest absolute Gasteiger partial charge is 0.478 e. The number of carboxylic acids is 1. The molecule has 0 fully saturated rings. The Morgan fingerprint density at radius 2 is 2.14 bits per heavy atom. The monoisotopic (exact) mass is 196 g/mol. The Balaban J connectivity index is 2.70. The van der Waals surface area contributed by atoms with Gasteiger partial charge in [0.25, 0.3) is 0 Å². The number of ether oxygens (including phenoxy) is 1. The van der Waals surface area contributed by atoms with Gasteiger partial charge in [0.05, 0.1) is 11.7 Å². The molecule has 1 aliphatic carbocycles. The number of hydrogen-bond donors (Lipinski definition) is 1. The van der Waals surface area contributed by atoms with Gasteiger partial charge < -0.3 is 9.84 Å². The minimum atomic E-state index is -1.08. The minimum Gasteiger partial charge on any atom is -0.478 e. The first-order chi connectivity index (χ1) is 6.52. The van der Waals surface area contributed by atoms with Gasteiger partial charge in [-0.25, -0.2) is 4.79 Å². The van der Waals surface area contributed by atoms with E-state index in [0.29, 0.717) is 0 Å². The first-order valence-electron chi connectivity index (χ1n) is 4.34. The quantitative estimate of drug-likeness (QED) is 0.687. The SMILES string of the molecule is CC(C)OC(=O)C1C=CC=C1C(=O)O. The summed E-state index contributed by atoms with van der Waals surface area (Å²) in [6.45, 7) is 3.45. The van der Waals surface area contributed by atoms with Crippen molar-refractivity contribution < 1.29 is 19.4 Å². The number of carbonyl (C=O) groups excluding carboxylic acids is 1. The summed E-state index contributed by atoms with van der Waals surface area (Å²) in [6, 6.07) is 0. The molecule has 0 amide bonds. The molecular formula is C10H12O4. The lowest BCUT2D eigenvalue weighted by Gasteiger charge is -2.12. The van der Waals surface area contributed by atoms with Crippen LogP contribution in [0.3, 0.4) is 0 Å². The summed E-state index contributed by atoms with van der Waals surface area (Å²) in [4.78, 5) is 22.1. The summed E-state index contributed by atoms with van der Waals surface area (Å²) >= 11 is 0. The maximum atomic E-state index is 11.4. The van der Waals surface area contributed by atoms with E-state index < -0.39 is 17.9 Å². The highest BCUT2D eigenvalue weighted by atomic mass is 16.5. The molecule has 4 nitrogen and oxygen atoms in total. The molecule has 1 atom stereocenters. The number of carbonyl (C=O) groups is 2. The van der Waals surface area contributed by atoms with Crippen LogP contribution in [0.5, 0.6) is 0 Å². The van der Waals surface area contributed by atoms with Crippen LogP contribution in [0.1, 0.15) is 13.8 Å². The number of esters is 1. The molecule has 76 valence electrons. The highest BCUT2D eigenvalue weighted by Crippen LogP contribution is 2.21. The van der Waals surface area contributed by atoms with Crippen molar-refractivity contribution in [1.29, 1.82) is 0 Å². The van der Waals surface area contributed by atoms with E-state index in [0.717, 1.165) is 0 Å². The van der Waals surface area contributed by atoms with Gasteiger partial charge in [0, 0.05) is 0 Å². The summed E-state index contributed by atoms with van der Waals surface area (Å²) < 4.78 is 4.92. The van der Waals surface area contributed by atoms with Crippen LogP contribution in [0.4, 0.5) is 0 Å². The van der Waals surface area contributed by atoms with Gasteiger partial charge in [-0.3, -0.25) is 4.79 Å². The van der Waals surface area contributed by atoms with Crippen LogP contribution in [-0.2, 0) is 14.3 Å². The van der Waals surface area contributed by atoms with Crippen molar-refractivity contribution in [3.05, 3.63) is 23.8 Å². The molecule has 1 N–H and O–H groups in total. The molecule has 0 radical (unpaired) electrons. The van der Waals surface area contributed by atoms with E-state index in [2.05, 4.69) is 0 Å². The van der Waals surface area contributed by atoms with Crippen LogP contribution in [0, 0.1) is 5.92 Å². The smallest absolute Gasteiger partial charge is 0.332 e. The van der Waals surface area contributed by atoms with Crippen molar-refractivity contribution in [2.45, 2.75) is 20.0 Å². The highest BCUT2D eigenvalue weighted by Gasteiger charge is 2.29. The second-order valence-corrected chi connectivity index (χ2v) is 3.28. The molecule has 4 heteroatoms. The predicted molar refractivity (Wildman–Crippen MR) is 49.6 cm³/mol. The second kappa shape index (κ2) is 4.09. The van der Waals surface area contributed by atoms with Gasteiger partial charge in [0.15, 0.2) is 0 Å². The van der Waals surface area contributed by atoms with E-state index in [1.54, 1.807) is 19.9 Å². The molecule has 0 heterocycles. The average molecular weight is 196 g/mol. The summed E-state index contributed by atoms with van der Waals surface area (Å²) in [6.07, 6.45) is 4.25. The topological polar surface area (TPSA) is 63.6 Å². The van der Waals surface area contributed by atoms with Crippen molar-refractivity contribution >= 4 is 11.9 Å². The van der Waals surface area contributed by atoms with Gasteiger partial charge >= 0.3 is 11.9 Å². The Morgan fingerprint density at radius 3 is 2.64 bits per heavy atom. The zero-order valence-electron chi connectivity index (χ0n) is 8.06. The Morgan fingerprint density at radius 1 is 1.50 bits per heavy atom. The number of carboxylic acid groups (broad SMARTS) is 1. The Bertz CT molecular complexity index is 312. The van der Waals surface area contributed by atoms with E-state index in [4.69, 9.17) is 9.84 Å². The maximum absolute atomic E-state index is 11.4. The molecule has 1 aliphatic rings. The summed E-state index contributed by atoms with van der Waals surface area (Å²) in [7, 11) is 0. The van der Waals surface area contributed by atoms with Crippen LogP contribution in [0.15, 0.2) is 23.8 Å². The normalized spacial score (nSPS) is 19.6. The van der Waals surface area contributed by atoms with E-state index >= 15 is 0 Å². The van der Waals surface area contributed by atoms with Crippen molar-refractivity contribution in [2.24, 2.45) is 5.92 Å². The first-order valence-corrected chi connectivity index (χ1v) is 4.34. The number of allylic oxidation sites excluding steroid dienone is 2. The molecule has 0 spiro atoms. The standard InChI is InChI=1S/C10H12O4/c1-6(2)14-10(13)8-5-3-4-7(8)9(11)12/h3-6,8H,1-2H3,(H,11,12). The molecule has 1 rings (SSSR count). The van der Waals surface area contributed by atoms with Crippen LogP contribution in [-0.4, -0.2) is 23.1 Å². The summed E-state index contributed by atoms with van der Waals surface area (Å²) in [5.41, 5.74) is 0.0654. The molecule has 0 saturated heterocycles. The number of rotatable bonds is 3. The second-order valence-electron chi connectivity index (χ2n) is 3.28. The third-order valence-corrected chi connectivity index (χ3v) is 1.77. The Hall–Kier alpha value is -1.58. The molecule has 1 unspecified atom stereocenters. The fraction of sp³-hybridized carbons (Fsp3) is 0.400. The highest BCUT2D eigenvalue weighted by molar-refractivity contribution is 5.96. The van der Waals surface area contributed by atoms with E-state index in [1.165, 1.54) is 12.2 Å². The van der Waals surface area contributed by atoms with Gasteiger partial charge in [0.2, 0.25) is 0 Å². The van der Waals surface area contributed by atoms with Gasteiger partial charge in [-0.15, -0.1) is 0 Å². The fourth-order valence-electron chi connectivity index (χ4n) is 1.19. The lowest BCUT2D eigenvalue weighted by atomic mass is 10.0. The average Bonchev–Trinajstić information content (AvgIpc) is 2.49. The molecule has 0 saturated carbocycles. The lowest BCUT2D eigenvalue weighted by molar-refractivity contribution is -0.151. The molecule has 0 bridgehead atoms. The van der Waals surface area contributed by atoms with Crippen LogP contribution < -0.4 is 0 Å². The third kappa shape index (κ3) is 2.22. The van der Waals surface area contributed by atoms with Crippen molar-refractivity contribution in [1.82, 2.24) is 0 Å². The van der Waals surface area contributed by atoms with Crippen molar-refractivity contribution in [2.75, 3.05) is 0 Å². The van der Waals surface area contributed by atoms with Crippen LogP contribution in [0.25, 0.3) is 0 Å². The van der Waals surface area contributed by atoms with Crippen LogP contribution >= 0.6 is 0 Å². The molecule has 0 aromatic carbocycles. The molecule has 0 aliphatic heterocycles. The van der Waals surface area contributed by atoms with E-state index in [-0.39, 0.29) is 11.7 Å². The Labute approximate surface area is 81.9 Å². The molecule has 14 heavy (non-hydrogen) atoms. The van der Waals surface area contributed by atoms with Crippen LogP contribution in [0.2, 0.25) is 0 Å². The number of hydrogen-bond acceptors (Lipinski definition) is 3. The van der Waals surface area contributed by atoms with Crippen molar-refractivity contribution in [3.8, 4) is 0 Å². The predicted octanol–water partition coefficient (Wildman–Crippen LogP) is 1.14. The fourth-order valence-corrected chi connectivity index (χ4v) is 1.19.